The van der Waals surface area contributed by atoms with Crippen molar-refractivity contribution >= 4 is 29.2 Å². The number of ether oxygens (including phenoxy) is 2. The summed E-state index contributed by atoms with van der Waals surface area (Å²) in [6.45, 7) is 0. The Balaban J connectivity index is 1.54. The van der Waals surface area contributed by atoms with Gasteiger partial charge in [-0.1, -0.05) is 42.5 Å². The lowest BCUT2D eigenvalue weighted by molar-refractivity contribution is -0.122. The standard InChI is InChI=1S/C35H27FN2O5/c1-42-23-15-16-28(43-2)25(19-23)32(40)30-29(31(39)21-11-13-22(36)14-12-21)35(26-9-5-6-10-27(26)37-34(35)41)33-24-8-4-3-7-20(24)17-18-38(30)33/h3-19,29-30,33H,1-2H3,(H,37,41). The van der Waals surface area contributed by atoms with Gasteiger partial charge in [-0.2, -0.15) is 0 Å². The molecule has 4 atom stereocenters. The van der Waals surface area contributed by atoms with E-state index >= 15 is 0 Å². The van der Waals surface area contributed by atoms with Crippen LogP contribution in [0.3, 0.4) is 0 Å². The van der Waals surface area contributed by atoms with Gasteiger partial charge in [-0.3, -0.25) is 14.4 Å². The molecule has 0 bridgehead atoms. The SMILES string of the molecule is COc1ccc(OC)c(C(=O)C2C(C(=O)c3ccc(F)cc3)C3(C(=O)Nc4ccccc43)C3c4ccccc4C=CN23)c1. The third-order valence-corrected chi connectivity index (χ3v) is 8.92. The summed E-state index contributed by atoms with van der Waals surface area (Å²) in [6.07, 6.45) is 3.70. The second-order valence-corrected chi connectivity index (χ2v) is 10.9. The summed E-state index contributed by atoms with van der Waals surface area (Å²) in [5.74, 6) is -2.14. The van der Waals surface area contributed by atoms with Crippen molar-refractivity contribution in [3.8, 4) is 11.5 Å². The van der Waals surface area contributed by atoms with E-state index in [-0.39, 0.29) is 17.0 Å². The van der Waals surface area contributed by atoms with Gasteiger partial charge in [0.15, 0.2) is 11.6 Å². The van der Waals surface area contributed by atoms with Gasteiger partial charge < -0.3 is 19.7 Å². The third-order valence-electron chi connectivity index (χ3n) is 8.92. The summed E-state index contributed by atoms with van der Waals surface area (Å²) in [7, 11) is 2.97. The Labute approximate surface area is 247 Å². The molecule has 1 spiro atoms. The largest absolute Gasteiger partial charge is 0.497 e. The van der Waals surface area contributed by atoms with Crippen molar-refractivity contribution in [1.82, 2.24) is 4.90 Å². The number of halogens is 1. The van der Waals surface area contributed by atoms with Crippen molar-refractivity contribution in [2.75, 3.05) is 19.5 Å². The number of hydrogen-bond donors (Lipinski definition) is 1. The average molecular weight is 575 g/mol. The molecular weight excluding hydrogens is 547 g/mol. The lowest BCUT2D eigenvalue weighted by atomic mass is 9.62. The molecule has 4 aromatic rings. The van der Waals surface area contributed by atoms with Crippen molar-refractivity contribution < 1.29 is 28.2 Å². The van der Waals surface area contributed by atoms with Gasteiger partial charge >= 0.3 is 0 Å². The van der Waals surface area contributed by atoms with E-state index in [1.807, 2.05) is 53.4 Å². The van der Waals surface area contributed by atoms with E-state index in [0.717, 1.165) is 11.1 Å². The number of Topliss-reactive ketones (excluding diaryl/α,β-unsaturated/α-hetero) is 2. The first-order valence-corrected chi connectivity index (χ1v) is 13.9. The van der Waals surface area contributed by atoms with Crippen LogP contribution in [-0.4, -0.2) is 42.6 Å². The van der Waals surface area contributed by atoms with Gasteiger partial charge in [0.25, 0.3) is 0 Å². The van der Waals surface area contributed by atoms with Crippen LogP contribution in [0.2, 0.25) is 0 Å². The summed E-state index contributed by atoms with van der Waals surface area (Å²) < 4.78 is 25.0. The van der Waals surface area contributed by atoms with E-state index < -0.39 is 40.8 Å². The lowest BCUT2D eigenvalue weighted by Gasteiger charge is -2.38. The van der Waals surface area contributed by atoms with E-state index in [2.05, 4.69) is 5.32 Å². The fraction of sp³-hybridized carbons (Fsp3) is 0.171. The van der Waals surface area contributed by atoms with Gasteiger partial charge in [-0.25, -0.2) is 4.39 Å². The number of fused-ring (bicyclic) bond motifs is 6. The number of amides is 1. The third kappa shape index (κ3) is 3.75. The first-order valence-electron chi connectivity index (χ1n) is 13.9. The number of nitrogens with one attached hydrogen (secondary N) is 1. The van der Waals surface area contributed by atoms with E-state index in [9.17, 15) is 18.8 Å². The molecule has 1 N–H and O–H groups in total. The lowest BCUT2D eigenvalue weighted by Crippen LogP contribution is -2.49. The highest BCUT2D eigenvalue weighted by Crippen LogP contribution is 2.62. The minimum absolute atomic E-state index is 0.204. The molecular formula is C35H27FN2O5. The fourth-order valence-corrected chi connectivity index (χ4v) is 7.13. The minimum atomic E-state index is -1.49. The molecule has 214 valence electrons. The quantitative estimate of drug-likeness (QED) is 0.292. The number of carbonyl (C=O) groups excluding carboxylic acids is 3. The highest BCUT2D eigenvalue weighted by molar-refractivity contribution is 6.17. The van der Waals surface area contributed by atoms with Crippen molar-refractivity contribution in [3.05, 3.63) is 131 Å². The van der Waals surface area contributed by atoms with Crippen LogP contribution in [0.15, 0.2) is 97.2 Å². The molecule has 4 aromatic carbocycles. The predicted molar refractivity (Wildman–Crippen MR) is 159 cm³/mol. The Kier molecular flexibility index (Phi) is 6.16. The van der Waals surface area contributed by atoms with Gasteiger partial charge in [-0.05, 0) is 71.3 Å². The van der Waals surface area contributed by atoms with Crippen LogP contribution in [0.4, 0.5) is 10.1 Å². The molecule has 1 amide bonds. The number of methoxy groups -OCH3 is 2. The number of anilines is 1. The number of ketones is 2. The molecule has 3 heterocycles. The molecule has 8 heteroatoms. The molecule has 3 aliphatic rings. The summed E-state index contributed by atoms with van der Waals surface area (Å²) in [6, 6.07) is 23.3. The maximum Gasteiger partial charge on any atom is 0.238 e. The van der Waals surface area contributed by atoms with E-state index in [4.69, 9.17) is 9.47 Å². The molecule has 0 aliphatic carbocycles. The number of benzene rings is 4. The van der Waals surface area contributed by atoms with E-state index in [1.165, 1.54) is 38.5 Å². The van der Waals surface area contributed by atoms with Crippen molar-refractivity contribution in [2.45, 2.75) is 17.5 Å². The fourth-order valence-electron chi connectivity index (χ4n) is 7.13. The van der Waals surface area contributed by atoms with Crippen LogP contribution in [0.1, 0.15) is 43.4 Å². The zero-order valence-corrected chi connectivity index (χ0v) is 23.4. The topological polar surface area (TPSA) is 84.9 Å². The number of nitrogens with zero attached hydrogens (tertiary/aromatic N) is 1. The molecule has 0 aromatic heterocycles. The Morgan fingerprint density at radius 3 is 2.40 bits per heavy atom. The van der Waals surface area contributed by atoms with Crippen molar-refractivity contribution in [2.24, 2.45) is 5.92 Å². The molecule has 7 nitrogen and oxygen atoms in total. The molecule has 1 saturated heterocycles. The average Bonchev–Trinajstić information content (AvgIpc) is 3.52. The Bertz CT molecular complexity index is 1830. The van der Waals surface area contributed by atoms with Gasteiger partial charge in [0.05, 0.1) is 31.7 Å². The Morgan fingerprint density at radius 2 is 1.63 bits per heavy atom. The maximum atomic E-state index is 14.9. The maximum absolute atomic E-state index is 14.9. The normalized spacial score (nSPS) is 22.9. The molecule has 3 aliphatic heterocycles. The van der Waals surface area contributed by atoms with Gasteiger partial charge in [0, 0.05) is 17.5 Å². The smallest absolute Gasteiger partial charge is 0.238 e. The first-order chi connectivity index (χ1) is 20.9. The second-order valence-electron chi connectivity index (χ2n) is 10.9. The van der Waals surface area contributed by atoms with Crippen LogP contribution in [0.25, 0.3) is 6.08 Å². The zero-order valence-electron chi connectivity index (χ0n) is 23.4. The molecule has 1 fully saturated rings. The summed E-state index contributed by atoms with van der Waals surface area (Å²) in [5.41, 5.74) is 1.86. The van der Waals surface area contributed by atoms with Crippen LogP contribution < -0.4 is 14.8 Å². The van der Waals surface area contributed by atoms with Gasteiger partial charge in [0.1, 0.15) is 28.8 Å². The van der Waals surface area contributed by atoms with E-state index in [1.54, 1.807) is 30.5 Å². The zero-order chi connectivity index (χ0) is 29.9. The number of carbonyl (C=O) groups is 3. The minimum Gasteiger partial charge on any atom is -0.497 e. The number of hydrogen-bond acceptors (Lipinski definition) is 6. The molecule has 0 radical (unpaired) electrons. The van der Waals surface area contributed by atoms with Crippen molar-refractivity contribution in [1.29, 1.82) is 0 Å². The van der Waals surface area contributed by atoms with Crippen LogP contribution in [-0.2, 0) is 10.2 Å². The second kappa shape index (κ2) is 9.94. The van der Waals surface area contributed by atoms with Gasteiger partial charge in [0.2, 0.25) is 5.91 Å². The van der Waals surface area contributed by atoms with Crippen LogP contribution in [0, 0.1) is 11.7 Å². The molecule has 43 heavy (non-hydrogen) atoms. The molecule has 7 rings (SSSR count). The van der Waals surface area contributed by atoms with Crippen molar-refractivity contribution in [3.63, 3.8) is 0 Å². The summed E-state index contributed by atoms with van der Waals surface area (Å²) in [5, 5.41) is 3.02. The highest BCUT2D eigenvalue weighted by atomic mass is 19.1. The molecule has 4 unspecified atom stereocenters. The van der Waals surface area contributed by atoms with E-state index in [0.29, 0.717) is 22.7 Å². The summed E-state index contributed by atoms with van der Waals surface area (Å²) >= 11 is 0. The highest BCUT2D eigenvalue weighted by Gasteiger charge is 2.70. The Hall–Kier alpha value is -5.24. The first kappa shape index (κ1) is 26.6. The van der Waals surface area contributed by atoms with Crippen LogP contribution >= 0.6 is 0 Å². The predicted octanol–water partition coefficient (Wildman–Crippen LogP) is 5.82. The molecule has 0 saturated carbocycles. The monoisotopic (exact) mass is 574 g/mol. The van der Waals surface area contributed by atoms with Crippen LogP contribution in [0.5, 0.6) is 11.5 Å². The summed E-state index contributed by atoms with van der Waals surface area (Å²) in [4.78, 5) is 46.0. The number of para-hydroxylation sites is 1. The van der Waals surface area contributed by atoms with Gasteiger partial charge in [-0.15, -0.1) is 0 Å². The Morgan fingerprint density at radius 1 is 0.884 bits per heavy atom. The number of rotatable bonds is 6.